The molecule has 1 aromatic carbocycles. The molecule has 2 aliphatic heterocycles. The number of benzene rings is 1. The first-order chi connectivity index (χ1) is 13.6. The van der Waals surface area contributed by atoms with E-state index in [4.69, 9.17) is 9.47 Å². The largest absolute Gasteiger partial charge is 0.447 e. The number of amides is 2. The van der Waals surface area contributed by atoms with E-state index < -0.39 is 35.5 Å². The molecule has 0 bridgehead atoms. The number of halogens is 2. The number of cyclic esters (lactones) is 1. The van der Waals surface area contributed by atoms with Crippen molar-refractivity contribution < 1.29 is 33.0 Å². The summed E-state index contributed by atoms with van der Waals surface area (Å²) in [5.74, 6) is -1.66. The molecule has 3 rings (SSSR count). The highest BCUT2D eigenvalue weighted by Crippen LogP contribution is 2.32. The zero-order chi connectivity index (χ0) is 21.3. The predicted octanol–water partition coefficient (Wildman–Crippen LogP) is 2.34. The highest BCUT2D eigenvalue weighted by atomic mass is 19.1. The van der Waals surface area contributed by atoms with E-state index in [0.717, 1.165) is 17.0 Å². The van der Waals surface area contributed by atoms with Gasteiger partial charge in [-0.25, -0.2) is 18.4 Å². The average Bonchev–Trinajstić information content (AvgIpc) is 3.01. The van der Waals surface area contributed by atoms with Crippen LogP contribution in [0, 0.1) is 11.6 Å². The van der Waals surface area contributed by atoms with Crippen molar-refractivity contribution in [3.8, 4) is 0 Å². The summed E-state index contributed by atoms with van der Waals surface area (Å²) in [4.78, 5) is 28.0. The number of anilines is 2. The van der Waals surface area contributed by atoms with Gasteiger partial charge in [0.15, 0.2) is 11.6 Å². The van der Waals surface area contributed by atoms with Gasteiger partial charge in [-0.3, -0.25) is 4.90 Å². The van der Waals surface area contributed by atoms with Gasteiger partial charge >= 0.3 is 12.2 Å². The lowest BCUT2D eigenvalue weighted by atomic mass is 10.1. The smallest absolute Gasteiger partial charge is 0.414 e. The Kier molecular flexibility index (Phi) is 5.83. The minimum absolute atomic E-state index is 0.0160. The van der Waals surface area contributed by atoms with Gasteiger partial charge in [0.1, 0.15) is 17.9 Å². The van der Waals surface area contributed by atoms with Crippen LogP contribution in [-0.4, -0.2) is 73.2 Å². The van der Waals surface area contributed by atoms with Crippen LogP contribution in [0.15, 0.2) is 12.1 Å². The second kappa shape index (κ2) is 8.02. The van der Waals surface area contributed by atoms with Gasteiger partial charge in [0, 0.05) is 38.3 Å². The Bertz CT molecular complexity index is 768. The van der Waals surface area contributed by atoms with E-state index >= 15 is 0 Å². The minimum atomic E-state index is -0.831. The molecule has 2 saturated heterocycles. The van der Waals surface area contributed by atoms with Gasteiger partial charge in [-0.1, -0.05) is 0 Å². The van der Waals surface area contributed by atoms with Gasteiger partial charge in [0.05, 0.1) is 18.3 Å². The van der Waals surface area contributed by atoms with Crippen LogP contribution >= 0.6 is 0 Å². The molecule has 10 heteroatoms. The number of rotatable bonds is 3. The number of piperazine rings is 1. The van der Waals surface area contributed by atoms with Crippen LogP contribution in [0.4, 0.5) is 29.7 Å². The maximum atomic E-state index is 14.8. The number of nitrogens with zero attached hydrogens (tertiary/aromatic N) is 3. The quantitative estimate of drug-likeness (QED) is 0.819. The standard InChI is InChI=1S/C19H25F2N3O5/c1-19(2,3)29-17(26)23-6-4-22(5-7-23)16-14(20)8-12(9-15(16)21)24-13(10-25)11-28-18(24)27/h8-9,13,25H,4-7,10-11H2,1-3H3/t13-/m1/s1. The van der Waals surface area contributed by atoms with Crippen molar-refractivity contribution in [1.82, 2.24) is 4.90 Å². The molecular formula is C19H25F2N3O5. The third-order valence-corrected chi connectivity index (χ3v) is 4.70. The molecule has 1 atom stereocenters. The summed E-state index contributed by atoms with van der Waals surface area (Å²) in [6.07, 6.45) is -1.22. The van der Waals surface area contributed by atoms with E-state index in [1.165, 1.54) is 9.80 Å². The minimum Gasteiger partial charge on any atom is -0.447 e. The normalized spacial score (nSPS) is 20.1. The highest BCUT2D eigenvalue weighted by Gasteiger charge is 2.35. The Labute approximate surface area is 167 Å². The molecule has 0 radical (unpaired) electrons. The number of aliphatic hydroxyl groups is 1. The summed E-state index contributed by atoms with van der Waals surface area (Å²) < 4.78 is 39.7. The van der Waals surface area contributed by atoms with Crippen LogP contribution in [0.25, 0.3) is 0 Å². The first-order valence-electron chi connectivity index (χ1n) is 9.39. The SMILES string of the molecule is CC(C)(C)OC(=O)N1CCN(c2c(F)cc(N3C(=O)OC[C@H]3CO)cc2F)CC1. The van der Waals surface area contributed by atoms with Gasteiger partial charge in [-0.05, 0) is 20.8 Å². The fraction of sp³-hybridized carbons (Fsp3) is 0.579. The molecule has 0 unspecified atom stereocenters. The predicted molar refractivity (Wildman–Crippen MR) is 101 cm³/mol. The fourth-order valence-electron chi connectivity index (χ4n) is 3.34. The second-order valence-electron chi connectivity index (χ2n) is 8.00. The lowest BCUT2D eigenvalue weighted by Crippen LogP contribution is -2.50. The summed E-state index contributed by atoms with van der Waals surface area (Å²) in [6.45, 7) is 5.87. The zero-order valence-corrected chi connectivity index (χ0v) is 16.7. The molecular weight excluding hydrogens is 388 g/mol. The molecule has 160 valence electrons. The average molecular weight is 413 g/mol. The summed E-state index contributed by atoms with van der Waals surface area (Å²) >= 11 is 0. The van der Waals surface area contributed by atoms with E-state index in [-0.39, 0.29) is 50.8 Å². The topological polar surface area (TPSA) is 82.6 Å². The lowest BCUT2D eigenvalue weighted by molar-refractivity contribution is 0.0240. The Balaban J connectivity index is 1.73. The van der Waals surface area contributed by atoms with E-state index in [9.17, 15) is 23.5 Å². The van der Waals surface area contributed by atoms with Crippen molar-refractivity contribution >= 4 is 23.6 Å². The monoisotopic (exact) mass is 413 g/mol. The van der Waals surface area contributed by atoms with Crippen LogP contribution in [0.2, 0.25) is 0 Å². The van der Waals surface area contributed by atoms with E-state index in [0.29, 0.717) is 0 Å². The molecule has 0 aliphatic carbocycles. The molecule has 0 saturated carbocycles. The Hall–Kier alpha value is -2.62. The third kappa shape index (κ3) is 4.52. The van der Waals surface area contributed by atoms with Crippen LogP contribution in [-0.2, 0) is 9.47 Å². The summed E-state index contributed by atoms with van der Waals surface area (Å²) in [5.41, 5.74) is -0.853. The fourth-order valence-corrected chi connectivity index (χ4v) is 3.34. The van der Waals surface area contributed by atoms with Crippen molar-refractivity contribution in [3.63, 3.8) is 0 Å². The number of ether oxygens (including phenoxy) is 2. The molecule has 8 nitrogen and oxygen atoms in total. The van der Waals surface area contributed by atoms with Gasteiger partial charge in [-0.15, -0.1) is 0 Å². The summed E-state index contributed by atoms with van der Waals surface area (Å²) in [6, 6.07) is 1.41. The molecule has 1 N–H and O–H groups in total. The number of hydrogen-bond donors (Lipinski definition) is 1. The molecule has 2 aliphatic rings. The Morgan fingerprint density at radius 2 is 1.79 bits per heavy atom. The first kappa shape index (κ1) is 21.1. The van der Waals surface area contributed by atoms with Crippen molar-refractivity contribution in [3.05, 3.63) is 23.8 Å². The van der Waals surface area contributed by atoms with E-state index in [1.807, 2.05) is 0 Å². The van der Waals surface area contributed by atoms with Crippen molar-refractivity contribution in [2.24, 2.45) is 0 Å². The molecule has 2 fully saturated rings. The Morgan fingerprint density at radius 3 is 2.31 bits per heavy atom. The van der Waals surface area contributed by atoms with Gasteiger partial charge in [-0.2, -0.15) is 0 Å². The summed E-state index contributed by atoms with van der Waals surface area (Å²) in [5, 5.41) is 9.34. The van der Waals surface area contributed by atoms with Crippen LogP contribution in [0.1, 0.15) is 20.8 Å². The molecule has 2 amide bonds. The van der Waals surface area contributed by atoms with Crippen LogP contribution in [0.5, 0.6) is 0 Å². The number of carbonyl (C=O) groups excluding carboxylic acids is 2. The van der Waals surface area contributed by atoms with Gasteiger partial charge in [0.2, 0.25) is 0 Å². The van der Waals surface area contributed by atoms with E-state index in [1.54, 1.807) is 20.8 Å². The molecule has 0 spiro atoms. The maximum absolute atomic E-state index is 14.8. The second-order valence-corrected chi connectivity index (χ2v) is 8.00. The highest BCUT2D eigenvalue weighted by molar-refractivity contribution is 5.90. The molecule has 29 heavy (non-hydrogen) atoms. The summed E-state index contributed by atoms with van der Waals surface area (Å²) in [7, 11) is 0. The number of carbonyl (C=O) groups is 2. The van der Waals surface area contributed by atoms with E-state index in [2.05, 4.69) is 0 Å². The van der Waals surface area contributed by atoms with Crippen LogP contribution < -0.4 is 9.80 Å². The molecule has 1 aromatic rings. The maximum Gasteiger partial charge on any atom is 0.414 e. The molecule has 2 heterocycles. The van der Waals surface area contributed by atoms with Crippen molar-refractivity contribution in [1.29, 1.82) is 0 Å². The number of hydrogen-bond acceptors (Lipinski definition) is 6. The Morgan fingerprint density at radius 1 is 1.21 bits per heavy atom. The zero-order valence-electron chi connectivity index (χ0n) is 16.7. The van der Waals surface area contributed by atoms with Crippen molar-refractivity contribution in [2.45, 2.75) is 32.4 Å². The van der Waals surface area contributed by atoms with Crippen LogP contribution in [0.3, 0.4) is 0 Å². The molecule has 0 aromatic heterocycles. The third-order valence-electron chi connectivity index (χ3n) is 4.70. The number of aliphatic hydroxyl groups excluding tert-OH is 1. The van der Waals surface area contributed by atoms with Crippen molar-refractivity contribution in [2.75, 3.05) is 49.2 Å². The first-order valence-corrected chi connectivity index (χ1v) is 9.39. The van der Waals surface area contributed by atoms with Gasteiger partial charge < -0.3 is 24.4 Å². The lowest BCUT2D eigenvalue weighted by Gasteiger charge is -2.37. The van der Waals surface area contributed by atoms with Gasteiger partial charge in [0.25, 0.3) is 0 Å².